The van der Waals surface area contributed by atoms with Gasteiger partial charge in [-0.1, -0.05) is 13.3 Å². The molecule has 0 bridgehead atoms. The maximum Gasteiger partial charge on any atom is 0.273 e. The van der Waals surface area contributed by atoms with E-state index in [9.17, 15) is 18.4 Å². The smallest absolute Gasteiger partial charge is 0.273 e. The van der Waals surface area contributed by atoms with Gasteiger partial charge in [-0.3, -0.25) is 9.59 Å². The Bertz CT molecular complexity index is 943. The molecule has 2 heterocycles. The van der Waals surface area contributed by atoms with Crippen LogP contribution in [0.3, 0.4) is 0 Å². The van der Waals surface area contributed by atoms with Gasteiger partial charge in [0.1, 0.15) is 11.5 Å². The molecule has 1 aliphatic heterocycles. The van der Waals surface area contributed by atoms with E-state index in [-0.39, 0.29) is 36.4 Å². The number of likely N-dealkylation sites (tertiary alicyclic amines) is 1. The molecule has 1 aromatic carbocycles. The predicted molar refractivity (Wildman–Crippen MR) is 115 cm³/mol. The van der Waals surface area contributed by atoms with E-state index in [0.717, 1.165) is 5.56 Å². The Balaban J connectivity index is 1.42. The standard InChI is InChI=1S/C23H29F2N3O4/c1-15(22(30)28-13-11-23(24,25)14-28)6-4-5-12-26-20(29)19-16(2)32-21(27-19)17-7-9-18(31-3)10-8-17/h7-10,15H,4-6,11-14H2,1-3H3,(H,26,29)/t15-/m0/s1. The summed E-state index contributed by atoms with van der Waals surface area (Å²) in [6.07, 6.45) is 1.69. The SMILES string of the molecule is COc1ccc(-c2nc(C(=O)NCCCC[C@H](C)C(=O)N3CCC(F)(F)C3)c(C)o2)cc1. The van der Waals surface area contributed by atoms with E-state index >= 15 is 0 Å². The van der Waals surface area contributed by atoms with Crippen molar-refractivity contribution >= 4 is 11.8 Å². The summed E-state index contributed by atoms with van der Waals surface area (Å²) in [6, 6.07) is 7.18. The lowest BCUT2D eigenvalue weighted by Gasteiger charge is -2.20. The fourth-order valence-corrected chi connectivity index (χ4v) is 3.68. The molecule has 9 heteroatoms. The average molecular weight is 449 g/mol. The number of unbranched alkanes of at least 4 members (excludes halogenated alkanes) is 1. The summed E-state index contributed by atoms with van der Waals surface area (Å²) in [5.41, 5.74) is 0.969. The summed E-state index contributed by atoms with van der Waals surface area (Å²) >= 11 is 0. The average Bonchev–Trinajstić information content (AvgIpc) is 3.34. The predicted octanol–water partition coefficient (Wildman–Crippen LogP) is 4.06. The van der Waals surface area contributed by atoms with Crippen molar-refractivity contribution in [3.63, 3.8) is 0 Å². The van der Waals surface area contributed by atoms with Crippen LogP contribution >= 0.6 is 0 Å². The zero-order valence-corrected chi connectivity index (χ0v) is 18.6. The van der Waals surface area contributed by atoms with Crippen molar-refractivity contribution in [3.8, 4) is 17.2 Å². The van der Waals surface area contributed by atoms with Crippen LogP contribution in [0.4, 0.5) is 8.78 Å². The van der Waals surface area contributed by atoms with Crippen molar-refractivity contribution < 1.29 is 27.5 Å². The summed E-state index contributed by atoms with van der Waals surface area (Å²) in [6.45, 7) is 3.50. The highest BCUT2D eigenvalue weighted by Crippen LogP contribution is 2.28. The highest BCUT2D eigenvalue weighted by Gasteiger charge is 2.41. The van der Waals surface area contributed by atoms with E-state index < -0.39 is 12.5 Å². The summed E-state index contributed by atoms with van der Waals surface area (Å²) < 4.78 is 37.4. The zero-order valence-electron chi connectivity index (χ0n) is 18.6. The highest BCUT2D eigenvalue weighted by molar-refractivity contribution is 5.93. The quantitative estimate of drug-likeness (QED) is 0.584. The molecular weight excluding hydrogens is 420 g/mol. The Morgan fingerprint density at radius 3 is 2.62 bits per heavy atom. The number of oxazole rings is 1. The number of hydrogen-bond donors (Lipinski definition) is 1. The van der Waals surface area contributed by atoms with Gasteiger partial charge < -0.3 is 19.4 Å². The van der Waals surface area contributed by atoms with Crippen LogP contribution in [0.1, 0.15) is 48.9 Å². The number of ether oxygens (including phenoxy) is 1. The van der Waals surface area contributed by atoms with E-state index in [1.807, 2.05) is 0 Å². The molecule has 0 unspecified atom stereocenters. The summed E-state index contributed by atoms with van der Waals surface area (Å²) in [7, 11) is 1.58. The van der Waals surface area contributed by atoms with Gasteiger partial charge in [0.25, 0.3) is 11.8 Å². The molecule has 32 heavy (non-hydrogen) atoms. The number of nitrogens with one attached hydrogen (secondary N) is 1. The molecule has 0 spiro atoms. The van der Waals surface area contributed by atoms with E-state index in [1.165, 1.54) is 4.90 Å². The topological polar surface area (TPSA) is 84.7 Å². The van der Waals surface area contributed by atoms with Gasteiger partial charge in [-0.05, 0) is 44.0 Å². The highest BCUT2D eigenvalue weighted by atomic mass is 19.3. The summed E-state index contributed by atoms with van der Waals surface area (Å²) in [4.78, 5) is 30.3. The largest absolute Gasteiger partial charge is 0.497 e. The Labute approximate surface area is 186 Å². The first kappa shape index (κ1) is 23.7. The molecule has 1 aliphatic rings. The number of halogens is 2. The maximum absolute atomic E-state index is 13.3. The Hall–Kier alpha value is -2.97. The van der Waals surface area contributed by atoms with Crippen LogP contribution in [-0.2, 0) is 4.79 Å². The number of aryl methyl sites for hydroxylation is 1. The summed E-state index contributed by atoms with van der Waals surface area (Å²) in [5.74, 6) is -2.14. The molecule has 174 valence electrons. The first-order valence-corrected chi connectivity index (χ1v) is 10.8. The van der Waals surface area contributed by atoms with Gasteiger partial charge in [0.05, 0.1) is 13.7 Å². The van der Waals surface area contributed by atoms with Crippen LogP contribution in [0.5, 0.6) is 5.75 Å². The number of benzene rings is 1. The number of amides is 2. The fraction of sp³-hybridized carbons (Fsp3) is 0.522. The second-order valence-electron chi connectivity index (χ2n) is 8.17. The molecule has 3 rings (SSSR count). The third-order valence-corrected chi connectivity index (χ3v) is 5.60. The van der Waals surface area contributed by atoms with E-state index in [2.05, 4.69) is 10.3 Å². The number of carbonyl (C=O) groups is 2. The van der Waals surface area contributed by atoms with Crippen LogP contribution < -0.4 is 10.1 Å². The van der Waals surface area contributed by atoms with Crippen molar-refractivity contribution in [2.45, 2.75) is 45.5 Å². The minimum absolute atomic E-state index is 0.113. The Kier molecular flexibility index (Phi) is 7.48. The molecule has 0 aliphatic carbocycles. The van der Waals surface area contributed by atoms with Crippen LogP contribution in [0, 0.1) is 12.8 Å². The number of aromatic nitrogens is 1. The van der Waals surface area contributed by atoms with Gasteiger partial charge >= 0.3 is 0 Å². The van der Waals surface area contributed by atoms with Gasteiger partial charge in [0.2, 0.25) is 11.8 Å². The second kappa shape index (κ2) is 10.1. The normalized spacial score (nSPS) is 16.1. The minimum atomic E-state index is -2.77. The van der Waals surface area contributed by atoms with Crippen LogP contribution in [0.25, 0.3) is 11.5 Å². The van der Waals surface area contributed by atoms with Gasteiger partial charge in [0.15, 0.2) is 5.69 Å². The van der Waals surface area contributed by atoms with Crippen molar-refractivity contribution in [3.05, 3.63) is 35.7 Å². The van der Waals surface area contributed by atoms with Crippen molar-refractivity contribution in [2.75, 3.05) is 26.7 Å². The Morgan fingerprint density at radius 2 is 2.00 bits per heavy atom. The van der Waals surface area contributed by atoms with Crippen molar-refractivity contribution in [1.82, 2.24) is 15.2 Å². The first-order valence-electron chi connectivity index (χ1n) is 10.8. The molecule has 2 aromatic rings. The molecule has 1 atom stereocenters. The molecule has 0 radical (unpaired) electrons. The molecule has 2 amide bonds. The van der Waals surface area contributed by atoms with Crippen LogP contribution in [0.2, 0.25) is 0 Å². The molecular formula is C23H29F2N3O4. The summed E-state index contributed by atoms with van der Waals surface area (Å²) in [5, 5.41) is 2.82. The molecule has 1 saturated heterocycles. The first-order chi connectivity index (χ1) is 15.2. The molecule has 1 aromatic heterocycles. The zero-order chi connectivity index (χ0) is 23.3. The lowest BCUT2D eigenvalue weighted by molar-refractivity contribution is -0.135. The van der Waals surface area contributed by atoms with Gasteiger partial charge in [0, 0.05) is 31.0 Å². The van der Waals surface area contributed by atoms with Crippen LogP contribution in [-0.4, -0.2) is 54.4 Å². The van der Waals surface area contributed by atoms with Crippen molar-refractivity contribution in [1.29, 1.82) is 0 Å². The monoisotopic (exact) mass is 449 g/mol. The second-order valence-corrected chi connectivity index (χ2v) is 8.17. The van der Waals surface area contributed by atoms with Gasteiger partial charge in [-0.25, -0.2) is 13.8 Å². The molecule has 0 saturated carbocycles. The number of alkyl halides is 2. The third kappa shape index (κ3) is 5.83. The lowest BCUT2D eigenvalue weighted by atomic mass is 10.0. The molecule has 1 fully saturated rings. The third-order valence-electron chi connectivity index (χ3n) is 5.60. The number of carbonyl (C=O) groups excluding carboxylic acids is 2. The lowest BCUT2D eigenvalue weighted by Crippen LogP contribution is -2.35. The Morgan fingerprint density at radius 1 is 1.28 bits per heavy atom. The van der Waals surface area contributed by atoms with Crippen molar-refractivity contribution in [2.24, 2.45) is 5.92 Å². The van der Waals surface area contributed by atoms with E-state index in [1.54, 1.807) is 45.2 Å². The van der Waals surface area contributed by atoms with Gasteiger partial charge in [-0.2, -0.15) is 0 Å². The van der Waals surface area contributed by atoms with E-state index in [0.29, 0.717) is 43.2 Å². The maximum atomic E-state index is 13.3. The number of hydrogen-bond acceptors (Lipinski definition) is 5. The number of methoxy groups -OCH3 is 1. The molecule has 7 nitrogen and oxygen atoms in total. The molecule has 1 N–H and O–H groups in total. The number of rotatable bonds is 9. The van der Waals surface area contributed by atoms with E-state index in [4.69, 9.17) is 9.15 Å². The fourth-order valence-electron chi connectivity index (χ4n) is 3.68. The van der Waals surface area contributed by atoms with Crippen LogP contribution in [0.15, 0.2) is 28.7 Å². The number of nitrogens with zero attached hydrogens (tertiary/aromatic N) is 2. The van der Waals surface area contributed by atoms with Gasteiger partial charge in [-0.15, -0.1) is 0 Å². The minimum Gasteiger partial charge on any atom is -0.497 e.